The summed E-state index contributed by atoms with van der Waals surface area (Å²) in [6.45, 7) is 4.31. The first kappa shape index (κ1) is 17.5. The summed E-state index contributed by atoms with van der Waals surface area (Å²) in [6.07, 6.45) is 6.00. The SMILES string of the molecule is COc1cc2c(cc1/C=C/C(=O)O)nc(C1(NC(C)C)CCC1)n2C. The van der Waals surface area contributed by atoms with Gasteiger partial charge in [-0.25, -0.2) is 9.78 Å². The van der Waals surface area contributed by atoms with Crippen LogP contribution in [0, 0.1) is 0 Å². The van der Waals surface area contributed by atoms with E-state index in [-0.39, 0.29) is 5.54 Å². The van der Waals surface area contributed by atoms with Gasteiger partial charge in [0.25, 0.3) is 0 Å². The highest BCUT2D eigenvalue weighted by atomic mass is 16.5. The molecule has 2 N–H and O–H groups in total. The molecule has 3 rings (SSSR count). The number of carbonyl (C=O) groups is 1. The molecule has 134 valence electrons. The zero-order valence-corrected chi connectivity index (χ0v) is 15.2. The maximum atomic E-state index is 10.8. The van der Waals surface area contributed by atoms with Gasteiger partial charge in [0.15, 0.2) is 0 Å². The van der Waals surface area contributed by atoms with E-state index in [0.29, 0.717) is 17.4 Å². The van der Waals surface area contributed by atoms with Gasteiger partial charge in [0, 0.05) is 30.8 Å². The summed E-state index contributed by atoms with van der Waals surface area (Å²) in [6, 6.07) is 4.19. The van der Waals surface area contributed by atoms with Crippen LogP contribution in [0.4, 0.5) is 0 Å². The highest BCUT2D eigenvalue weighted by molar-refractivity contribution is 5.88. The predicted molar refractivity (Wildman–Crippen MR) is 97.7 cm³/mol. The number of benzene rings is 1. The molecule has 1 aliphatic carbocycles. The van der Waals surface area contributed by atoms with Gasteiger partial charge in [-0.3, -0.25) is 0 Å². The second-order valence-electron chi connectivity index (χ2n) is 6.98. The van der Waals surface area contributed by atoms with Crippen molar-refractivity contribution in [3.05, 3.63) is 29.6 Å². The first-order chi connectivity index (χ1) is 11.9. The number of ether oxygens (including phenoxy) is 1. The number of imidazole rings is 1. The molecule has 1 fully saturated rings. The van der Waals surface area contributed by atoms with Crippen molar-refractivity contribution < 1.29 is 14.6 Å². The van der Waals surface area contributed by atoms with Crippen LogP contribution < -0.4 is 10.1 Å². The molecule has 0 saturated heterocycles. The molecule has 2 aromatic rings. The molecule has 0 atom stereocenters. The van der Waals surface area contributed by atoms with Crippen molar-refractivity contribution in [3.63, 3.8) is 0 Å². The molecule has 0 radical (unpaired) electrons. The van der Waals surface area contributed by atoms with Crippen molar-refractivity contribution in [2.45, 2.75) is 44.7 Å². The largest absolute Gasteiger partial charge is 0.496 e. The molecule has 0 bridgehead atoms. The Balaban J connectivity index is 2.11. The quantitative estimate of drug-likeness (QED) is 0.789. The monoisotopic (exact) mass is 343 g/mol. The minimum absolute atomic E-state index is 0.0771. The molecule has 0 amide bonds. The summed E-state index contributed by atoms with van der Waals surface area (Å²) < 4.78 is 7.56. The lowest BCUT2D eigenvalue weighted by Crippen LogP contribution is -2.52. The molecule has 0 aliphatic heterocycles. The molecule has 1 aliphatic rings. The van der Waals surface area contributed by atoms with E-state index in [0.717, 1.165) is 35.8 Å². The number of aliphatic carboxylic acids is 1. The average Bonchev–Trinajstić information content (AvgIpc) is 2.84. The fourth-order valence-electron chi connectivity index (χ4n) is 3.65. The van der Waals surface area contributed by atoms with Crippen LogP contribution in [0.3, 0.4) is 0 Å². The average molecular weight is 343 g/mol. The van der Waals surface area contributed by atoms with E-state index in [1.54, 1.807) is 13.2 Å². The van der Waals surface area contributed by atoms with Crippen LogP contribution >= 0.6 is 0 Å². The van der Waals surface area contributed by atoms with Crippen LogP contribution in [-0.4, -0.2) is 33.8 Å². The normalized spacial score (nSPS) is 16.5. The lowest BCUT2D eigenvalue weighted by atomic mass is 9.75. The topological polar surface area (TPSA) is 76.4 Å². The number of aryl methyl sites for hydroxylation is 1. The summed E-state index contributed by atoms with van der Waals surface area (Å²) in [7, 11) is 3.61. The molecule has 6 heteroatoms. The number of hydrogen-bond donors (Lipinski definition) is 2. The maximum Gasteiger partial charge on any atom is 0.328 e. The van der Waals surface area contributed by atoms with Crippen molar-refractivity contribution in [3.8, 4) is 5.75 Å². The van der Waals surface area contributed by atoms with Gasteiger partial charge in [-0.1, -0.05) is 0 Å². The Morgan fingerprint density at radius 2 is 2.16 bits per heavy atom. The van der Waals surface area contributed by atoms with E-state index in [1.165, 1.54) is 6.42 Å². The summed E-state index contributed by atoms with van der Waals surface area (Å²) in [5.41, 5.74) is 2.46. The number of nitrogens with zero attached hydrogens (tertiary/aromatic N) is 2. The van der Waals surface area contributed by atoms with Crippen molar-refractivity contribution in [1.82, 2.24) is 14.9 Å². The zero-order chi connectivity index (χ0) is 18.2. The number of methoxy groups -OCH3 is 1. The number of carboxylic acids is 1. The first-order valence-electron chi connectivity index (χ1n) is 8.60. The Kier molecular flexibility index (Phi) is 4.56. The molecule has 0 spiro atoms. The second-order valence-corrected chi connectivity index (χ2v) is 6.98. The fraction of sp³-hybridized carbons (Fsp3) is 0.474. The van der Waals surface area contributed by atoms with Crippen LogP contribution in [0.15, 0.2) is 18.2 Å². The molecule has 1 heterocycles. The Morgan fingerprint density at radius 1 is 1.44 bits per heavy atom. The smallest absolute Gasteiger partial charge is 0.328 e. The molecule has 1 saturated carbocycles. The molecule has 1 aromatic carbocycles. The molecular weight excluding hydrogens is 318 g/mol. The molecule has 6 nitrogen and oxygen atoms in total. The Labute approximate surface area is 147 Å². The number of fused-ring (bicyclic) bond motifs is 1. The van der Waals surface area contributed by atoms with Gasteiger partial charge in [0.05, 0.1) is 23.7 Å². The Morgan fingerprint density at radius 3 is 2.68 bits per heavy atom. The van der Waals surface area contributed by atoms with Gasteiger partial charge in [-0.15, -0.1) is 0 Å². The van der Waals surface area contributed by atoms with Gasteiger partial charge in [0.1, 0.15) is 11.6 Å². The third-order valence-electron chi connectivity index (χ3n) is 4.84. The summed E-state index contributed by atoms with van der Waals surface area (Å²) in [4.78, 5) is 15.7. The van der Waals surface area contributed by atoms with Gasteiger partial charge < -0.3 is 19.7 Å². The van der Waals surface area contributed by atoms with E-state index >= 15 is 0 Å². The van der Waals surface area contributed by atoms with Crippen LogP contribution in [0.25, 0.3) is 17.1 Å². The molecular formula is C19H25N3O3. The summed E-state index contributed by atoms with van der Waals surface area (Å²) in [5.74, 6) is 0.682. The van der Waals surface area contributed by atoms with E-state index in [1.807, 2.05) is 19.2 Å². The lowest BCUT2D eigenvalue weighted by Gasteiger charge is -2.43. The van der Waals surface area contributed by atoms with Crippen LogP contribution in [0.5, 0.6) is 5.75 Å². The number of aromatic nitrogens is 2. The van der Waals surface area contributed by atoms with Crippen LogP contribution in [-0.2, 0) is 17.4 Å². The minimum atomic E-state index is -0.988. The highest BCUT2D eigenvalue weighted by Crippen LogP contribution is 2.42. The lowest BCUT2D eigenvalue weighted by molar-refractivity contribution is -0.131. The number of nitrogens with one attached hydrogen (secondary N) is 1. The standard InChI is InChI=1S/C19H25N3O3/c1-12(2)21-19(8-5-9-19)18-20-14-10-13(6-7-17(23)24)16(25-4)11-15(14)22(18)3/h6-7,10-12,21H,5,8-9H2,1-4H3,(H,23,24)/b7-6+. The molecule has 25 heavy (non-hydrogen) atoms. The number of carboxylic acid groups (broad SMARTS) is 1. The molecule has 1 aromatic heterocycles. The van der Waals surface area contributed by atoms with Crippen LogP contribution in [0.1, 0.15) is 44.5 Å². The minimum Gasteiger partial charge on any atom is -0.496 e. The third kappa shape index (κ3) is 3.14. The highest BCUT2D eigenvalue weighted by Gasteiger charge is 2.42. The second kappa shape index (κ2) is 6.52. The van der Waals surface area contributed by atoms with E-state index < -0.39 is 5.97 Å². The summed E-state index contributed by atoms with van der Waals surface area (Å²) in [5, 5.41) is 12.6. The Bertz CT molecular complexity index is 832. The van der Waals surface area contributed by atoms with Crippen molar-refractivity contribution >= 4 is 23.1 Å². The third-order valence-corrected chi connectivity index (χ3v) is 4.84. The molecule has 0 unspecified atom stereocenters. The van der Waals surface area contributed by atoms with Crippen LogP contribution in [0.2, 0.25) is 0 Å². The van der Waals surface area contributed by atoms with Crippen molar-refractivity contribution in [2.75, 3.05) is 7.11 Å². The van der Waals surface area contributed by atoms with Crippen molar-refractivity contribution in [2.24, 2.45) is 7.05 Å². The number of rotatable bonds is 6. The van der Waals surface area contributed by atoms with E-state index in [9.17, 15) is 4.79 Å². The van der Waals surface area contributed by atoms with E-state index in [2.05, 4.69) is 23.7 Å². The van der Waals surface area contributed by atoms with Gasteiger partial charge in [-0.2, -0.15) is 0 Å². The fourth-order valence-corrected chi connectivity index (χ4v) is 3.65. The van der Waals surface area contributed by atoms with Crippen molar-refractivity contribution in [1.29, 1.82) is 0 Å². The zero-order valence-electron chi connectivity index (χ0n) is 15.2. The van der Waals surface area contributed by atoms with Gasteiger partial charge >= 0.3 is 5.97 Å². The predicted octanol–water partition coefficient (Wildman–Crippen LogP) is 3.06. The summed E-state index contributed by atoms with van der Waals surface area (Å²) >= 11 is 0. The first-order valence-corrected chi connectivity index (χ1v) is 8.60. The maximum absolute atomic E-state index is 10.8. The Hall–Kier alpha value is -2.34. The number of hydrogen-bond acceptors (Lipinski definition) is 4. The van der Waals surface area contributed by atoms with E-state index in [4.69, 9.17) is 14.8 Å². The van der Waals surface area contributed by atoms with Gasteiger partial charge in [-0.05, 0) is 45.3 Å². The van der Waals surface area contributed by atoms with Gasteiger partial charge in [0.2, 0.25) is 0 Å².